The van der Waals surface area contributed by atoms with Crippen LogP contribution in [0.2, 0.25) is 0 Å². The Morgan fingerprint density at radius 3 is 2.42 bits per heavy atom. The molecule has 3 N–H and O–H groups in total. The molecular weight excluding hydrogens is 530 g/mol. The molecule has 13 heteroatoms. The third-order valence-electron chi connectivity index (χ3n) is 7.40. The number of hydrogen-bond acceptors (Lipinski definition) is 9. The minimum Gasteiger partial charge on any atom is -0.508 e. The predicted octanol–water partition coefficient (Wildman–Crippen LogP) is 5.23. The quantitative estimate of drug-likeness (QED) is 0.262. The Morgan fingerprint density at radius 1 is 1.10 bits per heavy atom. The highest BCUT2D eigenvalue weighted by Gasteiger charge is 2.38. The van der Waals surface area contributed by atoms with Gasteiger partial charge in [-0.05, 0) is 37.8 Å². The van der Waals surface area contributed by atoms with E-state index in [4.69, 9.17) is 9.26 Å². The highest BCUT2D eigenvalue weighted by atomic mass is 19.3. The minimum absolute atomic E-state index is 0.0144. The van der Waals surface area contributed by atoms with Gasteiger partial charge >= 0.3 is 0 Å². The number of phenols is 2. The topological polar surface area (TPSA) is 151 Å². The van der Waals surface area contributed by atoms with Crippen molar-refractivity contribution in [1.82, 2.24) is 15.4 Å². The Bertz CT molecular complexity index is 1380. The number of nitro groups is 1. The summed E-state index contributed by atoms with van der Waals surface area (Å²) in [5, 5.41) is 38.2. The second-order valence-corrected chi connectivity index (χ2v) is 10.1. The molecule has 1 saturated carbocycles. The van der Waals surface area contributed by atoms with Gasteiger partial charge < -0.3 is 29.7 Å². The molecule has 1 aliphatic carbocycles. The fraction of sp³-hybridized carbons (Fsp3) is 0.407. The smallest absolute Gasteiger partial charge is 0.290 e. The number of nitro benzene ring substituents is 1. The van der Waals surface area contributed by atoms with Crippen LogP contribution < -0.4 is 10.1 Å². The Morgan fingerprint density at radius 2 is 1.77 bits per heavy atom. The molecule has 1 aliphatic heterocycles. The van der Waals surface area contributed by atoms with Gasteiger partial charge in [-0.1, -0.05) is 5.16 Å². The van der Waals surface area contributed by atoms with Crippen LogP contribution in [-0.4, -0.2) is 62.2 Å². The standard InChI is InChI=1S/C27H28F2N4O7/c28-27(29)9-5-17(6-10-27)32-11-7-16(8-12-32)30-26(36)24-15-21(31-40-24)25-22(35)13-19(34)14-23(25)39-20-3-1-18(2-4-20)33(37)38/h1-4,13-17,34-35H,5-12H2,(H,30,36). The summed E-state index contributed by atoms with van der Waals surface area (Å²) in [6.07, 6.45) is 2.13. The molecule has 1 aromatic heterocycles. The summed E-state index contributed by atoms with van der Waals surface area (Å²) >= 11 is 0. The molecule has 2 fully saturated rings. The van der Waals surface area contributed by atoms with Gasteiger partial charge in [-0.25, -0.2) is 8.78 Å². The first kappa shape index (κ1) is 27.3. The zero-order valence-corrected chi connectivity index (χ0v) is 21.4. The van der Waals surface area contributed by atoms with Crippen LogP contribution in [0, 0.1) is 10.1 Å². The first-order valence-electron chi connectivity index (χ1n) is 13.0. The van der Waals surface area contributed by atoms with Crippen LogP contribution in [0.15, 0.2) is 47.0 Å². The van der Waals surface area contributed by atoms with Crippen molar-refractivity contribution in [1.29, 1.82) is 0 Å². The second kappa shape index (κ2) is 11.1. The number of nitrogens with one attached hydrogen (secondary N) is 1. The first-order chi connectivity index (χ1) is 19.1. The van der Waals surface area contributed by atoms with Crippen LogP contribution in [0.4, 0.5) is 14.5 Å². The second-order valence-electron chi connectivity index (χ2n) is 10.1. The summed E-state index contributed by atoms with van der Waals surface area (Å²) in [7, 11) is 0. The van der Waals surface area contributed by atoms with Gasteiger partial charge in [0.1, 0.15) is 28.7 Å². The Kier molecular flexibility index (Phi) is 7.57. The fourth-order valence-electron chi connectivity index (χ4n) is 5.24. The number of non-ortho nitro benzene ring substituents is 1. The van der Waals surface area contributed by atoms with Crippen molar-refractivity contribution in [2.24, 2.45) is 0 Å². The molecular formula is C27H28F2N4O7. The number of nitrogens with zero attached hydrogens (tertiary/aromatic N) is 3. The number of piperidine rings is 1. The summed E-state index contributed by atoms with van der Waals surface area (Å²) in [6.45, 7) is 1.40. The maximum Gasteiger partial charge on any atom is 0.290 e. The molecule has 212 valence electrons. The van der Waals surface area contributed by atoms with Crippen molar-refractivity contribution in [3.63, 3.8) is 0 Å². The van der Waals surface area contributed by atoms with Crippen LogP contribution in [0.1, 0.15) is 49.1 Å². The van der Waals surface area contributed by atoms with E-state index in [0.717, 1.165) is 6.07 Å². The SMILES string of the molecule is O=C(NC1CCN(C2CCC(F)(F)CC2)CC1)c1cc(-c2c(O)cc(O)cc2Oc2ccc([N+](=O)[O-])cc2)no1. The monoisotopic (exact) mass is 558 g/mol. The summed E-state index contributed by atoms with van der Waals surface area (Å²) < 4.78 is 38.0. The highest BCUT2D eigenvalue weighted by molar-refractivity contribution is 5.93. The van der Waals surface area contributed by atoms with Gasteiger partial charge in [-0.3, -0.25) is 14.9 Å². The van der Waals surface area contributed by atoms with Crippen molar-refractivity contribution < 1.29 is 38.0 Å². The van der Waals surface area contributed by atoms with E-state index < -0.39 is 16.8 Å². The van der Waals surface area contributed by atoms with Crippen LogP contribution in [0.25, 0.3) is 11.3 Å². The Balaban J connectivity index is 1.23. The zero-order chi connectivity index (χ0) is 28.4. The molecule has 2 heterocycles. The predicted molar refractivity (Wildman–Crippen MR) is 138 cm³/mol. The van der Waals surface area contributed by atoms with E-state index in [1.165, 1.54) is 36.4 Å². The average molecular weight is 559 g/mol. The van der Waals surface area contributed by atoms with Gasteiger partial charge in [-0.2, -0.15) is 0 Å². The number of carbonyl (C=O) groups excluding carboxylic acids is 1. The zero-order valence-electron chi connectivity index (χ0n) is 21.4. The van der Waals surface area contributed by atoms with Crippen LogP contribution >= 0.6 is 0 Å². The van der Waals surface area contributed by atoms with Gasteiger partial charge in [0.15, 0.2) is 0 Å². The number of halogens is 2. The number of amides is 1. The minimum atomic E-state index is -2.56. The number of aromatic hydroxyl groups is 2. The molecule has 0 radical (unpaired) electrons. The van der Waals surface area contributed by atoms with E-state index in [0.29, 0.717) is 38.8 Å². The number of carbonyl (C=O) groups is 1. The summed E-state index contributed by atoms with van der Waals surface area (Å²) in [6, 6.07) is 8.88. The first-order valence-corrected chi connectivity index (χ1v) is 13.0. The van der Waals surface area contributed by atoms with Crippen molar-refractivity contribution >= 4 is 11.6 Å². The van der Waals surface area contributed by atoms with Crippen LogP contribution in [0.5, 0.6) is 23.0 Å². The molecule has 0 bridgehead atoms. The molecule has 0 atom stereocenters. The maximum absolute atomic E-state index is 13.5. The third kappa shape index (κ3) is 6.14. The van der Waals surface area contributed by atoms with Gasteiger partial charge in [-0.15, -0.1) is 0 Å². The third-order valence-corrected chi connectivity index (χ3v) is 7.40. The van der Waals surface area contributed by atoms with Crippen LogP contribution in [-0.2, 0) is 0 Å². The lowest BCUT2D eigenvalue weighted by molar-refractivity contribution is -0.384. The van der Waals surface area contributed by atoms with E-state index in [2.05, 4.69) is 15.4 Å². The Labute approximate surface area is 227 Å². The molecule has 1 saturated heterocycles. The fourth-order valence-corrected chi connectivity index (χ4v) is 5.24. The van der Waals surface area contributed by atoms with E-state index in [1.807, 2.05) is 0 Å². The van der Waals surface area contributed by atoms with Gasteiger partial charge in [0.2, 0.25) is 11.7 Å². The molecule has 2 aromatic carbocycles. The number of benzene rings is 2. The van der Waals surface area contributed by atoms with Crippen molar-refractivity contribution in [2.75, 3.05) is 13.1 Å². The van der Waals surface area contributed by atoms with Crippen molar-refractivity contribution in [3.8, 4) is 34.3 Å². The average Bonchev–Trinajstić information content (AvgIpc) is 3.39. The van der Waals surface area contributed by atoms with E-state index in [-0.39, 0.29) is 70.6 Å². The lowest BCUT2D eigenvalue weighted by Gasteiger charge is -2.40. The van der Waals surface area contributed by atoms with Gasteiger partial charge in [0.05, 0.1) is 10.5 Å². The molecule has 3 aromatic rings. The number of aromatic nitrogens is 1. The number of phenolic OH excluding ortho intramolecular Hbond substituents is 2. The number of alkyl halides is 2. The van der Waals surface area contributed by atoms with E-state index in [9.17, 15) is 33.9 Å². The van der Waals surface area contributed by atoms with Gasteiger partial charge in [0, 0.05) is 68.3 Å². The van der Waals surface area contributed by atoms with E-state index >= 15 is 0 Å². The molecule has 40 heavy (non-hydrogen) atoms. The largest absolute Gasteiger partial charge is 0.508 e. The number of ether oxygens (including phenoxy) is 1. The molecule has 11 nitrogen and oxygen atoms in total. The summed E-state index contributed by atoms with van der Waals surface area (Å²) in [4.78, 5) is 25.5. The molecule has 1 amide bonds. The number of hydrogen-bond donors (Lipinski definition) is 3. The van der Waals surface area contributed by atoms with E-state index in [1.54, 1.807) is 0 Å². The van der Waals surface area contributed by atoms with Crippen molar-refractivity contribution in [2.45, 2.75) is 56.5 Å². The highest BCUT2D eigenvalue weighted by Crippen LogP contribution is 2.43. The molecule has 0 unspecified atom stereocenters. The maximum atomic E-state index is 13.5. The molecule has 0 spiro atoms. The Hall–Kier alpha value is -4.26. The van der Waals surface area contributed by atoms with Gasteiger partial charge in [0.25, 0.3) is 11.6 Å². The normalized spacial score (nSPS) is 18.4. The lowest BCUT2D eigenvalue weighted by Crippen LogP contribution is -2.49. The summed E-state index contributed by atoms with van der Waals surface area (Å²) in [5.41, 5.74) is -0.0170. The molecule has 2 aliphatic rings. The van der Waals surface area contributed by atoms with Crippen molar-refractivity contribution in [3.05, 3.63) is 58.3 Å². The number of likely N-dealkylation sites (tertiary alicyclic amines) is 1. The number of rotatable bonds is 7. The lowest BCUT2D eigenvalue weighted by atomic mass is 9.89. The molecule has 5 rings (SSSR count). The summed E-state index contributed by atoms with van der Waals surface area (Å²) in [5.74, 6) is -3.65. The van der Waals surface area contributed by atoms with Crippen LogP contribution in [0.3, 0.4) is 0 Å².